The molecule has 1 saturated heterocycles. The quantitative estimate of drug-likeness (QED) is 0.468. The van der Waals surface area contributed by atoms with Crippen LogP contribution in [0.5, 0.6) is 0 Å². The van der Waals surface area contributed by atoms with Gasteiger partial charge in [0.15, 0.2) is 5.13 Å². The Labute approximate surface area is 199 Å². The minimum absolute atomic E-state index is 0.0769. The first-order chi connectivity index (χ1) is 15.5. The van der Waals surface area contributed by atoms with Gasteiger partial charge in [-0.3, -0.25) is 14.5 Å². The van der Waals surface area contributed by atoms with E-state index in [1.165, 1.54) is 28.2 Å². The van der Waals surface area contributed by atoms with Gasteiger partial charge in [0.25, 0.3) is 11.5 Å². The summed E-state index contributed by atoms with van der Waals surface area (Å²) in [5.41, 5.74) is 1.35. The first-order valence-electron chi connectivity index (χ1n) is 10.4. The smallest absolute Gasteiger partial charge is 0.280 e. The molecule has 0 saturated carbocycles. The fourth-order valence-electron chi connectivity index (χ4n) is 3.52. The topological polar surface area (TPSA) is 77.3 Å². The molecule has 2 aromatic heterocycles. The van der Waals surface area contributed by atoms with Gasteiger partial charge in [0.1, 0.15) is 5.69 Å². The molecule has 3 aromatic rings. The lowest BCUT2D eigenvalue weighted by Crippen LogP contribution is -2.39. The Bertz CT molecular complexity index is 1170. The van der Waals surface area contributed by atoms with Crippen molar-refractivity contribution in [2.24, 2.45) is 0 Å². The van der Waals surface area contributed by atoms with Crippen LogP contribution in [0, 0.1) is 0 Å². The molecule has 0 unspecified atom stereocenters. The van der Waals surface area contributed by atoms with Crippen molar-refractivity contribution in [2.75, 3.05) is 18.1 Å². The van der Waals surface area contributed by atoms with Crippen molar-refractivity contribution in [3.63, 3.8) is 0 Å². The maximum Gasteiger partial charge on any atom is 0.280 e. The second-order valence-corrected chi connectivity index (χ2v) is 9.15. The largest absolute Gasteiger partial charge is 0.376 e. The highest BCUT2D eigenvalue weighted by atomic mass is 35.5. The van der Waals surface area contributed by atoms with Crippen molar-refractivity contribution >= 4 is 45.6 Å². The minimum Gasteiger partial charge on any atom is -0.376 e. The molecule has 1 amide bonds. The lowest BCUT2D eigenvalue weighted by Gasteiger charge is -2.23. The maximum absolute atomic E-state index is 13.5. The zero-order chi connectivity index (χ0) is 22.7. The maximum atomic E-state index is 13.5. The second-order valence-electron chi connectivity index (χ2n) is 7.47. The fraction of sp³-hybridized carbons (Fsp3) is 0.364. The molecular weight excluding hydrogens is 471 g/mol. The molecule has 3 heterocycles. The van der Waals surface area contributed by atoms with E-state index in [1.807, 2.05) is 12.3 Å². The number of hydrogen-bond acceptors (Lipinski definition) is 6. The molecule has 0 N–H and O–H groups in total. The standard InChI is InChI=1S/C22H22Cl2N4O3S/c1-2-9-28-20(29)8-7-18(26-28)21(30)27(12-15-4-3-10-31-15)22-25-19(13-32-22)16-6-5-14(23)11-17(16)24/h5-8,11,13,15H,2-4,9-10,12H2,1H3/t15-/m0/s1. The SMILES string of the molecule is CCCn1nc(C(=O)N(C[C@@H]2CCCO2)c2nc(-c3ccc(Cl)cc3Cl)cs2)ccc1=O. The zero-order valence-electron chi connectivity index (χ0n) is 17.5. The Balaban J connectivity index is 1.68. The number of thiazole rings is 1. The zero-order valence-corrected chi connectivity index (χ0v) is 19.8. The summed E-state index contributed by atoms with van der Waals surface area (Å²) >= 11 is 13.7. The molecular formula is C22H22Cl2N4O3S. The minimum atomic E-state index is -0.326. The van der Waals surface area contributed by atoms with Crippen molar-refractivity contribution in [1.82, 2.24) is 14.8 Å². The van der Waals surface area contributed by atoms with Crippen molar-refractivity contribution in [2.45, 2.75) is 38.8 Å². The molecule has 1 aromatic carbocycles. The summed E-state index contributed by atoms with van der Waals surface area (Å²) < 4.78 is 7.09. The number of amides is 1. The van der Waals surface area contributed by atoms with Crippen LogP contribution in [0.1, 0.15) is 36.7 Å². The van der Waals surface area contributed by atoms with E-state index < -0.39 is 0 Å². The first kappa shape index (κ1) is 22.9. The van der Waals surface area contributed by atoms with Gasteiger partial charge in [-0.25, -0.2) is 9.67 Å². The molecule has 10 heteroatoms. The van der Waals surface area contributed by atoms with Gasteiger partial charge >= 0.3 is 0 Å². The van der Waals surface area contributed by atoms with Crippen LogP contribution in [0.15, 0.2) is 40.5 Å². The number of nitrogens with zero attached hydrogens (tertiary/aromatic N) is 4. The summed E-state index contributed by atoms with van der Waals surface area (Å²) in [6, 6.07) is 8.05. The molecule has 7 nitrogen and oxygen atoms in total. The van der Waals surface area contributed by atoms with Crippen LogP contribution in [0.2, 0.25) is 10.0 Å². The van der Waals surface area contributed by atoms with Gasteiger partial charge in [-0.2, -0.15) is 5.10 Å². The Morgan fingerprint density at radius 2 is 2.16 bits per heavy atom. The van der Waals surface area contributed by atoms with Gasteiger partial charge in [0, 0.05) is 35.2 Å². The van der Waals surface area contributed by atoms with Gasteiger partial charge in [0.2, 0.25) is 0 Å². The number of rotatable bonds is 7. The Morgan fingerprint density at radius 3 is 2.88 bits per heavy atom. The van der Waals surface area contributed by atoms with Gasteiger partial charge in [0.05, 0.1) is 23.4 Å². The van der Waals surface area contributed by atoms with E-state index >= 15 is 0 Å². The highest BCUT2D eigenvalue weighted by Gasteiger charge is 2.28. The highest BCUT2D eigenvalue weighted by Crippen LogP contribution is 2.34. The number of aromatic nitrogens is 3. The van der Waals surface area contributed by atoms with Gasteiger partial charge in [-0.1, -0.05) is 30.1 Å². The molecule has 1 aliphatic heterocycles. The van der Waals surface area contributed by atoms with Crippen LogP contribution in [-0.4, -0.2) is 39.9 Å². The predicted molar refractivity (Wildman–Crippen MR) is 127 cm³/mol. The van der Waals surface area contributed by atoms with Crippen molar-refractivity contribution < 1.29 is 9.53 Å². The normalized spacial score (nSPS) is 15.8. The third-order valence-corrected chi connectivity index (χ3v) is 6.52. The van der Waals surface area contributed by atoms with E-state index in [2.05, 4.69) is 10.1 Å². The monoisotopic (exact) mass is 492 g/mol. The predicted octanol–water partition coefficient (Wildman–Crippen LogP) is 4.91. The van der Waals surface area contributed by atoms with E-state index in [-0.39, 0.29) is 23.3 Å². The number of carbonyl (C=O) groups excluding carboxylic acids is 1. The number of halogens is 2. The van der Waals surface area contributed by atoms with E-state index in [1.54, 1.807) is 23.1 Å². The number of hydrogen-bond donors (Lipinski definition) is 0. The number of benzene rings is 1. The van der Waals surface area contributed by atoms with Crippen LogP contribution in [-0.2, 0) is 11.3 Å². The summed E-state index contributed by atoms with van der Waals surface area (Å²) in [5.74, 6) is -0.326. The Hall–Kier alpha value is -2.26. The summed E-state index contributed by atoms with van der Waals surface area (Å²) in [7, 11) is 0. The van der Waals surface area contributed by atoms with Crippen LogP contribution in [0.3, 0.4) is 0 Å². The van der Waals surface area contributed by atoms with Crippen LogP contribution < -0.4 is 10.5 Å². The van der Waals surface area contributed by atoms with Gasteiger partial charge in [-0.05, 0) is 43.5 Å². The van der Waals surface area contributed by atoms with Crippen molar-refractivity contribution in [3.8, 4) is 11.3 Å². The lowest BCUT2D eigenvalue weighted by molar-refractivity contribution is 0.0911. The number of aryl methyl sites for hydroxylation is 1. The molecule has 0 bridgehead atoms. The lowest BCUT2D eigenvalue weighted by atomic mass is 10.2. The number of carbonyl (C=O) groups is 1. The van der Waals surface area contributed by atoms with Crippen LogP contribution >= 0.6 is 34.5 Å². The third-order valence-electron chi connectivity index (χ3n) is 5.11. The molecule has 0 aliphatic carbocycles. The van der Waals surface area contributed by atoms with E-state index in [9.17, 15) is 9.59 Å². The molecule has 1 atom stereocenters. The van der Waals surface area contributed by atoms with Gasteiger partial charge in [-0.15, -0.1) is 11.3 Å². The summed E-state index contributed by atoms with van der Waals surface area (Å²) in [5, 5.41) is 7.68. The van der Waals surface area contributed by atoms with E-state index in [4.69, 9.17) is 27.9 Å². The molecule has 0 spiro atoms. The second kappa shape index (κ2) is 10.1. The number of ether oxygens (including phenoxy) is 1. The van der Waals surface area contributed by atoms with Crippen LogP contribution in [0.25, 0.3) is 11.3 Å². The fourth-order valence-corrected chi connectivity index (χ4v) is 4.86. The third kappa shape index (κ3) is 5.04. The highest BCUT2D eigenvalue weighted by molar-refractivity contribution is 7.14. The molecule has 32 heavy (non-hydrogen) atoms. The average molecular weight is 493 g/mol. The Kier molecular flexibility index (Phi) is 7.25. The Morgan fingerprint density at radius 1 is 1.31 bits per heavy atom. The molecule has 1 fully saturated rings. The van der Waals surface area contributed by atoms with E-state index in [0.717, 1.165) is 24.8 Å². The molecule has 168 valence electrons. The summed E-state index contributed by atoms with van der Waals surface area (Å²) in [4.78, 5) is 31.8. The summed E-state index contributed by atoms with van der Waals surface area (Å²) in [6.07, 6.45) is 2.48. The number of anilines is 1. The van der Waals surface area contributed by atoms with E-state index in [0.29, 0.717) is 40.6 Å². The van der Waals surface area contributed by atoms with Crippen molar-refractivity contribution in [3.05, 3.63) is 61.8 Å². The van der Waals surface area contributed by atoms with Gasteiger partial charge < -0.3 is 4.74 Å². The summed E-state index contributed by atoms with van der Waals surface area (Å²) in [6.45, 7) is 3.43. The first-order valence-corrected chi connectivity index (χ1v) is 12.0. The average Bonchev–Trinajstić information content (AvgIpc) is 3.45. The molecule has 0 radical (unpaired) electrons. The molecule has 1 aliphatic rings. The molecule has 4 rings (SSSR count). The van der Waals surface area contributed by atoms with Crippen LogP contribution in [0.4, 0.5) is 5.13 Å². The van der Waals surface area contributed by atoms with Crippen molar-refractivity contribution in [1.29, 1.82) is 0 Å².